The van der Waals surface area contributed by atoms with Crippen molar-refractivity contribution in [2.75, 3.05) is 20.1 Å². The maximum absolute atomic E-state index is 5.30. The van der Waals surface area contributed by atoms with Crippen molar-refractivity contribution < 1.29 is 8.94 Å². The molecule has 0 amide bonds. The molecule has 1 fully saturated rings. The average Bonchev–Trinajstić information content (AvgIpc) is 3.05. The molecule has 0 saturated carbocycles. The maximum Gasteiger partial charge on any atom is 0.241 e. The van der Waals surface area contributed by atoms with Crippen molar-refractivity contribution in [3.63, 3.8) is 0 Å². The lowest BCUT2D eigenvalue weighted by Gasteiger charge is -2.25. The van der Waals surface area contributed by atoms with E-state index in [0.717, 1.165) is 19.5 Å². The lowest BCUT2D eigenvalue weighted by atomic mass is 10.1. The fraction of sp³-hybridized carbons (Fsp3) is 0.571. The lowest BCUT2D eigenvalue weighted by molar-refractivity contribution is 0.190. The van der Waals surface area contributed by atoms with Crippen LogP contribution in [0.1, 0.15) is 25.2 Å². The Balaban J connectivity index is 1.62. The summed E-state index contributed by atoms with van der Waals surface area (Å²) in [4.78, 5) is 6.68. The molecular formula is C14H20N4O2. The first-order valence-corrected chi connectivity index (χ1v) is 7.10. The molecule has 3 rings (SSSR count). The van der Waals surface area contributed by atoms with Crippen molar-refractivity contribution in [3.05, 3.63) is 24.3 Å². The van der Waals surface area contributed by atoms with Crippen LogP contribution >= 0.6 is 0 Å². The zero-order valence-electron chi connectivity index (χ0n) is 11.7. The topological polar surface area (TPSA) is 67.3 Å². The van der Waals surface area contributed by atoms with Gasteiger partial charge >= 0.3 is 0 Å². The van der Waals surface area contributed by atoms with Gasteiger partial charge in [-0.1, -0.05) is 5.16 Å². The van der Waals surface area contributed by atoms with Crippen LogP contribution in [0.15, 0.2) is 27.3 Å². The van der Waals surface area contributed by atoms with E-state index in [1.54, 1.807) is 6.26 Å². The van der Waals surface area contributed by atoms with Gasteiger partial charge in [-0.2, -0.15) is 4.98 Å². The van der Waals surface area contributed by atoms with Gasteiger partial charge in [-0.15, -0.1) is 0 Å². The van der Waals surface area contributed by atoms with E-state index in [1.165, 1.54) is 12.8 Å². The molecule has 1 aliphatic rings. The highest BCUT2D eigenvalue weighted by molar-refractivity contribution is 5.44. The van der Waals surface area contributed by atoms with Gasteiger partial charge in [-0.25, -0.2) is 0 Å². The van der Waals surface area contributed by atoms with Gasteiger partial charge in [-0.05, 0) is 51.5 Å². The summed E-state index contributed by atoms with van der Waals surface area (Å²) in [5.41, 5.74) is 0. The predicted octanol–water partition coefficient (Wildman–Crippen LogP) is 1.90. The number of nitrogens with one attached hydrogen (secondary N) is 1. The molecule has 1 aliphatic heterocycles. The molecular weight excluding hydrogens is 256 g/mol. The second kappa shape index (κ2) is 6.19. The Morgan fingerprint density at radius 1 is 1.40 bits per heavy atom. The van der Waals surface area contributed by atoms with Crippen molar-refractivity contribution in [1.29, 1.82) is 0 Å². The number of furan rings is 1. The average molecular weight is 276 g/mol. The van der Waals surface area contributed by atoms with Crippen LogP contribution in [0.5, 0.6) is 0 Å². The van der Waals surface area contributed by atoms with Gasteiger partial charge in [0.15, 0.2) is 5.76 Å². The fourth-order valence-corrected chi connectivity index (χ4v) is 2.61. The Labute approximate surface area is 118 Å². The molecule has 0 bridgehead atoms. The normalized spacial score (nSPS) is 20.2. The van der Waals surface area contributed by atoms with E-state index in [4.69, 9.17) is 8.94 Å². The molecule has 2 aromatic rings. The monoisotopic (exact) mass is 276 g/mol. The number of rotatable bonds is 4. The van der Waals surface area contributed by atoms with Gasteiger partial charge < -0.3 is 14.3 Å². The summed E-state index contributed by atoms with van der Waals surface area (Å²) in [6, 6.07) is 4.22. The second-order valence-corrected chi connectivity index (χ2v) is 5.24. The Bertz CT molecular complexity index is 515. The van der Waals surface area contributed by atoms with Crippen molar-refractivity contribution in [2.24, 2.45) is 0 Å². The summed E-state index contributed by atoms with van der Waals surface area (Å²) in [6.45, 7) is 2.88. The van der Waals surface area contributed by atoms with E-state index in [9.17, 15) is 0 Å². The molecule has 0 aromatic carbocycles. The summed E-state index contributed by atoms with van der Waals surface area (Å²) in [5.74, 6) is 1.79. The van der Waals surface area contributed by atoms with Crippen molar-refractivity contribution in [1.82, 2.24) is 20.4 Å². The highest BCUT2D eigenvalue weighted by atomic mass is 16.5. The first kappa shape index (κ1) is 13.3. The minimum Gasteiger partial charge on any atom is -0.461 e. The van der Waals surface area contributed by atoms with Crippen LogP contribution in [0, 0.1) is 0 Å². The van der Waals surface area contributed by atoms with E-state index >= 15 is 0 Å². The van der Waals surface area contributed by atoms with E-state index < -0.39 is 0 Å². The molecule has 20 heavy (non-hydrogen) atoms. The van der Waals surface area contributed by atoms with Crippen LogP contribution in [0.3, 0.4) is 0 Å². The quantitative estimate of drug-likeness (QED) is 0.920. The van der Waals surface area contributed by atoms with E-state index in [-0.39, 0.29) is 0 Å². The highest BCUT2D eigenvalue weighted by Gasteiger charge is 2.19. The van der Waals surface area contributed by atoms with Gasteiger partial charge in [-0.3, -0.25) is 4.90 Å². The molecule has 3 heterocycles. The van der Waals surface area contributed by atoms with Gasteiger partial charge in [0, 0.05) is 6.04 Å². The molecule has 2 aromatic heterocycles. The second-order valence-electron chi connectivity index (χ2n) is 5.24. The minimum absolute atomic E-state index is 0.515. The van der Waals surface area contributed by atoms with Crippen molar-refractivity contribution in [2.45, 2.75) is 31.8 Å². The zero-order valence-corrected chi connectivity index (χ0v) is 11.7. The van der Waals surface area contributed by atoms with E-state index in [1.807, 2.05) is 12.1 Å². The van der Waals surface area contributed by atoms with Crippen LogP contribution in [0.2, 0.25) is 0 Å². The first-order chi connectivity index (χ1) is 9.83. The molecule has 1 unspecified atom stereocenters. The molecule has 1 saturated heterocycles. The molecule has 6 heteroatoms. The summed E-state index contributed by atoms with van der Waals surface area (Å²) in [6.07, 6.45) is 5.20. The van der Waals surface area contributed by atoms with Crippen LogP contribution < -0.4 is 5.32 Å². The maximum atomic E-state index is 5.30. The van der Waals surface area contributed by atoms with Crippen LogP contribution in [0.4, 0.5) is 0 Å². The summed E-state index contributed by atoms with van der Waals surface area (Å²) >= 11 is 0. The number of nitrogens with zero attached hydrogens (tertiary/aromatic N) is 3. The first-order valence-electron chi connectivity index (χ1n) is 7.10. The molecule has 0 spiro atoms. The molecule has 108 valence electrons. The summed E-state index contributed by atoms with van der Waals surface area (Å²) in [7, 11) is 2.12. The Hall–Kier alpha value is -1.66. The highest BCUT2D eigenvalue weighted by Crippen LogP contribution is 2.18. The standard InChI is InChI=1S/C14H20N4O2/c1-18(11-4-2-7-15-8-6-11)10-13-16-14(17-20-13)12-5-3-9-19-12/h3,5,9,11,15H,2,4,6-8,10H2,1H3. The predicted molar refractivity (Wildman–Crippen MR) is 74.0 cm³/mol. The van der Waals surface area contributed by atoms with Gasteiger partial charge in [0.2, 0.25) is 11.7 Å². The molecule has 6 nitrogen and oxygen atoms in total. The minimum atomic E-state index is 0.515. The third-order valence-electron chi connectivity index (χ3n) is 3.76. The third kappa shape index (κ3) is 3.08. The largest absolute Gasteiger partial charge is 0.461 e. The van der Waals surface area contributed by atoms with Crippen LogP contribution in [0.25, 0.3) is 11.6 Å². The Kier molecular flexibility index (Phi) is 4.13. The lowest BCUT2D eigenvalue weighted by Crippen LogP contribution is -2.32. The third-order valence-corrected chi connectivity index (χ3v) is 3.76. The van der Waals surface area contributed by atoms with Crippen LogP contribution in [-0.2, 0) is 6.54 Å². The molecule has 1 N–H and O–H groups in total. The molecule has 0 aliphatic carbocycles. The number of hydrogen-bond donors (Lipinski definition) is 1. The molecule has 1 atom stereocenters. The van der Waals surface area contributed by atoms with Gasteiger partial charge in [0.25, 0.3) is 0 Å². The van der Waals surface area contributed by atoms with E-state index in [2.05, 4.69) is 27.4 Å². The van der Waals surface area contributed by atoms with Crippen molar-refractivity contribution in [3.8, 4) is 11.6 Å². The SMILES string of the molecule is CN(Cc1nc(-c2ccco2)no1)C1CCCNCC1. The number of hydrogen-bond acceptors (Lipinski definition) is 6. The molecule has 0 radical (unpaired) electrons. The Morgan fingerprint density at radius 3 is 3.20 bits per heavy atom. The zero-order chi connectivity index (χ0) is 13.8. The van der Waals surface area contributed by atoms with Gasteiger partial charge in [0.05, 0.1) is 12.8 Å². The summed E-state index contributed by atoms with van der Waals surface area (Å²) < 4.78 is 10.6. The summed E-state index contributed by atoms with van der Waals surface area (Å²) in [5, 5.41) is 7.38. The van der Waals surface area contributed by atoms with Crippen LogP contribution in [-0.4, -0.2) is 41.2 Å². The van der Waals surface area contributed by atoms with Gasteiger partial charge in [0.1, 0.15) is 0 Å². The number of aromatic nitrogens is 2. The smallest absolute Gasteiger partial charge is 0.241 e. The van der Waals surface area contributed by atoms with Crippen molar-refractivity contribution >= 4 is 0 Å². The van der Waals surface area contributed by atoms with E-state index in [0.29, 0.717) is 30.1 Å². The fourth-order valence-electron chi connectivity index (χ4n) is 2.61. The Morgan fingerprint density at radius 2 is 2.35 bits per heavy atom.